The van der Waals surface area contributed by atoms with E-state index in [4.69, 9.17) is 5.21 Å². The topological polar surface area (TPSA) is 116 Å². The third kappa shape index (κ3) is 4.50. The van der Waals surface area contributed by atoms with Gasteiger partial charge < -0.3 is 10.2 Å². The second-order valence-electron chi connectivity index (χ2n) is 7.60. The van der Waals surface area contributed by atoms with E-state index in [1.54, 1.807) is 30.0 Å². The lowest BCUT2D eigenvalue weighted by molar-refractivity contribution is 0.0708. The highest BCUT2D eigenvalue weighted by Gasteiger charge is 2.14. The van der Waals surface area contributed by atoms with Crippen LogP contribution in [0.4, 0.5) is 0 Å². The van der Waals surface area contributed by atoms with Crippen molar-refractivity contribution in [2.24, 2.45) is 5.92 Å². The van der Waals surface area contributed by atoms with Crippen molar-refractivity contribution in [3.63, 3.8) is 0 Å². The molecule has 7 nitrogen and oxygen atoms in total. The number of hydrogen-bond acceptors (Lipinski definition) is 6. The predicted octanol–water partition coefficient (Wildman–Crippen LogP) is 3.23. The molecule has 4 N–H and O–H groups in total. The number of aromatic nitrogens is 2. The summed E-state index contributed by atoms with van der Waals surface area (Å²) in [7, 11) is 0. The molecule has 0 bridgehead atoms. The molecule has 7 heteroatoms. The van der Waals surface area contributed by atoms with Gasteiger partial charge in [0.2, 0.25) is 0 Å². The molecule has 2 aromatic heterocycles. The number of aliphatic hydroxyl groups is 2. The third-order valence-corrected chi connectivity index (χ3v) is 5.47. The third-order valence-electron chi connectivity index (χ3n) is 5.47. The van der Waals surface area contributed by atoms with Crippen molar-refractivity contribution < 1.29 is 20.2 Å². The molecule has 2 aromatic carbocycles. The minimum Gasteiger partial charge on any atom is -0.396 e. The zero-order valence-corrected chi connectivity index (χ0v) is 17.3. The van der Waals surface area contributed by atoms with Gasteiger partial charge in [-0.2, -0.15) is 0 Å². The first-order valence-corrected chi connectivity index (χ1v) is 10.2. The maximum atomic E-state index is 12.1. The summed E-state index contributed by atoms with van der Waals surface area (Å²) < 4.78 is 0. The summed E-state index contributed by atoms with van der Waals surface area (Å²) >= 11 is 0. The van der Waals surface area contributed by atoms with Gasteiger partial charge in [-0.25, -0.2) is 10.5 Å². The molecule has 0 radical (unpaired) electrons. The summed E-state index contributed by atoms with van der Waals surface area (Å²) in [5, 5.41) is 28.2. The molecule has 0 spiro atoms. The molecule has 162 valence electrons. The summed E-state index contributed by atoms with van der Waals surface area (Å²) in [6, 6.07) is 19.2. The van der Waals surface area contributed by atoms with Gasteiger partial charge in [-0.3, -0.25) is 15.0 Å². The molecule has 0 saturated carbocycles. The second-order valence-corrected chi connectivity index (χ2v) is 7.60. The highest BCUT2D eigenvalue weighted by molar-refractivity contribution is 6.06. The van der Waals surface area contributed by atoms with Crippen molar-refractivity contribution in [1.82, 2.24) is 15.4 Å². The normalized spacial score (nSPS) is 11.1. The monoisotopic (exact) mass is 429 g/mol. The number of nitrogens with zero attached hydrogens (tertiary/aromatic N) is 2. The van der Waals surface area contributed by atoms with E-state index in [1.807, 2.05) is 48.5 Å². The number of amides is 1. The fourth-order valence-corrected chi connectivity index (χ4v) is 3.65. The molecular formula is C25H23N3O4. The highest BCUT2D eigenvalue weighted by atomic mass is 16.5. The smallest absolute Gasteiger partial charge is 0.275 e. The Balaban J connectivity index is 1.61. The van der Waals surface area contributed by atoms with Crippen molar-refractivity contribution in [1.29, 1.82) is 0 Å². The molecule has 0 fully saturated rings. The Bertz CT molecular complexity index is 1220. The average Bonchev–Trinajstić information content (AvgIpc) is 2.86. The van der Waals surface area contributed by atoms with Crippen LogP contribution in [0.5, 0.6) is 0 Å². The molecule has 0 aliphatic rings. The van der Waals surface area contributed by atoms with Gasteiger partial charge in [0.05, 0.1) is 16.8 Å². The van der Waals surface area contributed by atoms with Crippen LogP contribution in [0.3, 0.4) is 0 Å². The lowest BCUT2D eigenvalue weighted by Gasteiger charge is -2.11. The fraction of sp³-hybridized carbons (Fsp3) is 0.160. The van der Waals surface area contributed by atoms with Gasteiger partial charge in [-0.1, -0.05) is 48.5 Å². The Morgan fingerprint density at radius 3 is 2.16 bits per heavy atom. The number of hydrogen-bond donors (Lipinski definition) is 4. The zero-order chi connectivity index (χ0) is 22.5. The van der Waals surface area contributed by atoms with Gasteiger partial charge in [0, 0.05) is 42.5 Å². The summed E-state index contributed by atoms with van der Waals surface area (Å²) in [4.78, 5) is 20.8. The number of pyridine rings is 2. The number of carbonyl (C=O) groups is 1. The summed E-state index contributed by atoms with van der Waals surface area (Å²) in [6.07, 6.45) is 3.78. The van der Waals surface area contributed by atoms with Gasteiger partial charge >= 0.3 is 0 Å². The van der Waals surface area contributed by atoms with E-state index in [2.05, 4.69) is 9.97 Å². The van der Waals surface area contributed by atoms with Crippen LogP contribution >= 0.6 is 0 Å². The standard InChI is InChI=1S/C25H23N3O4/c29-14-17(15-30)11-16-1-3-18(4-2-16)19-5-7-20(8-6-19)24-12-21(25(31)28-32)22-13-26-10-9-23(22)27-24/h1-10,12-13,17,29-30,32H,11,14-15H2,(H,28,31). The van der Waals surface area contributed by atoms with Crippen LogP contribution in [0.1, 0.15) is 15.9 Å². The van der Waals surface area contributed by atoms with Crippen LogP contribution in [-0.4, -0.2) is 44.5 Å². The van der Waals surface area contributed by atoms with E-state index >= 15 is 0 Å². The Morgan fingerprint density at radius 1 is 0.906 bits per heavy atom. The molecule has 0 unspecified atom stereocenters. The van der Waals surface area contributed by atoms with E-state index in [0.29, 0.717) is 28.6 Å². The Labute approximate surface area is 185 Å². The Kier molecular flexibility index (Phi) is 6.51. The molecule has 1 amide bonds. The van der Waals surface area contributed by atoms with E-state index < -0.39 is 5.91 Å². The maximum Gasteiger partial charge on any atom is 0.275 e. The van der Waals surface area contributed by atoms with Crippen LogP contribution in [0.15, 0.2) is 73.1 Å². The largest absolute Gasteiger partial charge is 0.396 e. The molecule has 4 aromatic rings. The van der Waals surface area contributed by atoms with Crippen molar-refractivity contribution in [2.75, 3.05) is 13.2 Å². The predicted molar refractivity (Wildman–Crippen MR) is 121 cm³/mol. The Hall–Kier alpha value is -3.65. The van der Waals surface area contributed by atoms with Gasteiger partial charge in [0.15, 0.2) is 0 Å². The van der Waals surface area contributed by atoms with Crippen LogP contribution in [0.25, 0.3) is 33.3 Å². The zero-order valence-electron chi connectivity index (χ0n) is 17.3. The van der Waals surface area contributed by atoms with E-state index in [0.717, 1.165) is 22.3 Å². The SMILES string of the molecule is O=C(NO)c1cc(-c2ccc(-c3ccc(CC(CO)CO)cc3)cc2)nc2ccncc12. The minimum absolute atomic E-state index is 0.0410. The van der Waals surface area contributed by atoms with E-state index in [9.17, 15) is 15.0 Å². The number of benzene rings is 2. The number of carbonyl (C=O) groups excluding carboxylic acids is 1. The first-order valence-electron chi connectivity index (χ1n) is 10.2. The summed E-state index contributed by atoms with van der Waals surface area (Å²) in [5.41, 5.74) is 7.17. The van der Waals surface area contributed by atoms with Crippen LogP contribution in [0.2, 0.25) is 0 Å². The molecule has 0 aliphatic heterocycles. The van der Waals surface area contributed by atoms with Crippen molar-refractivity contribution in [3.05, 3.63) is 84.2 Å². The summed E-state index contributed by atoms with van der Waals surface area (Å²) in [5.74, 6) is -0.767. The molecule has 0 atom stereocenters. The van der Waals surface area contributed by atoms with E-state index in [-0.39, 0.29) is 19.1 Å². The molecular weight excluding hydrogens is 406 g/mol. The van der Waals surface area contributed by atoms with Crippen LogP contribution in [-0.2, 0) is 6.42 Å². The number of aliphatic hydroxyl groups excluding tert-OH is 2. The summed E-state index contributed by atoms with van der Waals surface area (Å²) in [6.45, 7) is -0.0819. The van der Waals surface area contributed by atoms with E-state index in [1.165, 1.54) is 0 Å². The lowest BCUT2D eigenvalue weighted by atomic mass is 9.97. The maximum absolute atomic E-state index is 12.1. The van der Waals surface area contributed by atoms with Crippen LogP contribution in [0, 0.1) is 5.92 Å². The van der Waals surface area contributed by atoms with Crippen LogP contribution < -0.4 is 5.48 Å². The molecule has 4 rings (SSSR count). The van der Waals surface area contributed by atoms with Crippen molar-refractivity contribution in [2.45, 2.75) is 6.42 Å². The lowest BCUT2D eigenvalue weighted by Crippen LogP contribution is -2.19. The molecule has 0 saturated heterocycles. The quantitative estimate of drug-likeness (QED) is 0.265. The van der Waals surface area contributed by atoms with Crippen molar-refractivity contribution >= 4 is 16.8 Å². The van der Waals surface area contributed by atoms with Gasteiger partial charge in [0.25, 0.3) is 5.91 Å². The fourth-order valence-electron chi connectivity index (χ4n) is 3.65. The molecule has 0 aliphatic carbocycles. The first kappa shape index (κ1) is 21.6. The first-order chi connectivity index (χ1) is 15.6. The Morgan fingerprint density at radius 2 is 1.53 bits per heavy atom. The molecule has 2 heterocycles. The number of fused-ring (bicyclic) bond motifs is 1. The highest BCUT2D eigenvalue weighted by Crippen LogP contribution is 2.27. The second kappa shape index (κ2) is 9.65. The van der Waals surface area contributed by atoms with Gasteiger partial charge in [0.1, 0.15) is 0 Å². The average molecular weight is 429 g/mol. The number of hydroxylamine groups is 1. The van der Waals surface area contributed by atoms with Gasteiger partial charge in [-0.15, -0.1) is 0 Å². The molecule has 32 heavy (non-hydrogen) atoms. The number of nitrogens with one attached hydrogen (secondary N) is 1. The minimum atomic E-state index is -0.618. The van der Waals surface area contributed by atoms with Crippen molar-refractivity contribution in [3.8, 4) is 22.4 Å². The number of rotatable bonds is 7. The van der Waals surface area contributed by atoms with Gasteiger partial charge in [-0.05, 0) is 35.2 Å².